The van der Waals surface area contributed by atoms with Crippen molar-refractivity contribution < 1.29 is 8.81 Å². The van der Waals surface area contributed by atoms with Gasteiger partial charge in [-0.1, -0.05) is 25.5 Å². The molecule has 1 N–H and O–H groups in total. The van der Waals surface area contributed by atoms with Gasteiger partial charge in [-0.2, -0.15) is 4.68 Å². The molecule has 170 valence electrons. The second-order valence-corrected chi connectivity index (χ2v) is 8.24. The summed E-state index contributed by atoms with van der Waals surface area (Å²) in [5.41, 5.74) is 3.26. The average Bonchev–Trinajstić information content (AvgIpc) is 3.38. The van der Waals surface area contributed by atoms with E-state index in [4.69, 9.17) is 4.42 Å². The topological polar surface area (TPSA) is 95.0 Å². The van der Waals surface area contributed by atoms with Crippen molar-refractivity contribution in [1.82, 2.24) is 24.6 Å². The molecule has 0 amide bonds. The first kappa shape index (κ1) is 21.3. The molecule has 8 nitrogen and oxygen atoms in total. The van der Waals surface area contributed by atoms with Crippen LogP contribution < -0.4 is 16.6 Å². The fourth-order valence-corrected chi connectivity index (χ4v) is 4.41. The van der Waals surface area contributed by atoms with Crippen LogP contribution in [0, 0.1) is 5.82 Å². The summed E-state index contributed by atoms with van der Waals surface area (Å²) >= 11 is 0. The molecule has 1 aliphatic heterocycles. The lowest BCUT2D eigenvalue weighted by atomic mass is 10.1. The Hall–Kier alpha value is -3.59. The Morgan fingerprint density at radius 1 is 1.15 bits per heavy atom. The predicted molar refractivity (Wildman–Crippen MR) is 121 cm³/mol. The van der Waals surface area contributed by atoms with E-state index in [1.54, 1.807) is 10.6 Å². The van der Waals surface area contributed by atoms with E-state index in [0.29, 0.717) is 54.1 Å². The lowest BCUT2D eigenvalue weighted by molar-refractivity contribution is 0.434. The van der Waals surface area contributed by atoms with Gasteiger partial charge in [-0.05, 0) is 49.2 Å². The van der Waals surface area contributed by atoms with E-state index in [2.05, 4.69) is 22.3 Å². The standard InChI is InChI=1S/C24H24FN5O3/c1-2-4-15-6-8-16(9-7-15)30-24(32)33-20(28-30)5-3-12-26-19-14-29-21(31)13-27-18-11-10-17(25)22(19)23(18)29/h6-11,13,19,26H,2-5,12,14H2,1H3/t19-/m0/s1. The van der Waals surface area contributed by atoms with Gasteiger partial charge in [0, 0.05) is 18.5 Å². The first-order valence-electron chi connectivity index (χ1n) is 11.1. The zero-order valence-electron chi connectivity index (χ0n) is 18.3. The lowest BCUT2D eigenvalue weighted by Crippen LogP contribution is -2.26. The molecule has 0 saturated carbocycles. The fourth-order valence-electron chi connectivity index (χ4n) is 4.41. The molecular formula is C24H24FN5O3. The summed E-state index contributed by atoms with van der Waals surface area (Å²) in [5.74, 6) is -0.524. The summed E-state index contributed by atoms with van der Waals surface area (Å²) in [4.78, 5) is 28.5. The lowest BCUT2D eigenvalue weighted by Gasteiger charge is -2.13. The highest BCUT2D eigenvalue weighted by Crippen LogP contribution is 2.32. The summed E-state index contributed by atoms with van der Waals surface area (Å²) < 4.78 is 22.7. The van der Waals surface area contributed by atoms with Crippen molar-refractivity contribution in [3.63, 3.8) is 0 Å². The Bertz CT molecular complexity index is 1420. The molecule has 0 unspecified atom stereocenters. The summed E-state index contributed by atoms with van der Waals surface area (Å²) in [6.45, 7) is 3.02. The summed E-state index contributed by atoms with van der Waals surface area (Å²) in [6, 6.07) is 10.4. The van der Waals surface area contributed by atoms with Gasteiger partial charge in [0.15, 0.2) is 0 Å². The van der Waals surface area contributed by atoms with Gasteiger partial charge in [-0.3, -0.25) is 4.79 Å². The van der Waals surface area contributed by atoms with Crippen molar-refractivity contribution in [1.29, 1.82) is 0 Å². The van der Waals surface area contributed by atoms with Crippen molar-refractivity contribution in [2.75, 3.05) is 6.54 Å². The van der Waals surface area contributed by atoms with Crippen LogP contribution in [0.25, 0.3) is 16.7 Å². The molecule has 0 fully saturated rings. The third-order valence-electron chi connectivity index (χ3n) is 5.97. The van der Waals surface area contributed by atoms with E-state index < -0.39 is 5.76 Å². The number of aryl methyl sites for hydroxylation is 2. The van der Waals surface area contributed by atoms with Crippen LogP contribution in [0.15, 0.2) is 56.6 Å². The molecule has 9 heteroatoms. The number of nitrogens with zero attached hydrogens (tertiary/aromatic N) is 4. The Balaban J connectivity index is 1.23. The molecule has 0 radical (unpaired) electrons. The van der Waals surface area contributed by atoms with Gasteiger partial charge in [0.05, 0.1) is 29.0 Å². The maximum Gasteiger partial charge on any atom is 0.441 e. The van der Waals surface area contributed by atoms with Gasteiger partial charge in [-0.15, -0.1) is 5.10 Å². The zero-order chi connectivity index (χ0) is 22.9. The number of hydrogen-bond acceptors (Lipinski definition) is 6. The second kappa shape index (κ2) is 8.74. The van der Waals surface area contributed by atoms with E-state index >= 15 is 0 Å². The normalized spacial score (nSPS) is 14.9. The Kier molecular flexibility index (Phi) is 5.63. The van der Waals surface area contributed by atoms with Crippen molar-refractivity contribution in [2.24, 2.45) is 0 Å². The summed E-state index contributed by atoms with van der Waals surface area (Å²) in [5, 5.41) is 7.63. The molecule has 5 rings (SSSR count). The van der Waals surface area contributed by atoms with Crippen molar-refractivity contribution >= 4 is 11.0 Å². The zero-order valence-corrected chi connectivity index (χ0v) is 18.3. The van der Waals surface area contributed by atoms with Gasteiger partial charge in [0.1, 0.15) is 5.82 Å². The first-order chi connectivity index (χ1) is 16.0. The maximum absolute atomic E-state index is 14.5. The van der Waals surface area contributed by atoms with Crippen LogP contribution in [0.4, 0.5) is 4.39 Å². The fraction of sp³-hybridized carbons (Fsp3) is 0.333. The van der Waals surface area contributed by atoms with Gasteiger partial charge in [0.25, 0.3) is 5.56 Å². The molecule has 0 aliphatic carbocycles. The molecule has 0 saturated heterocycles. The van der Waals surface area contributed by atoms with Crippen LogP contribution in [0.2, 0.25) is 0 Å². The van der Waals surface area contributed by atoms with Crippen LogP contribution in [0.1, 0.15) is 42.8 Å². The Morgan fingerprint density at radius 3 is 2.76 bits per heavy atom. The molecule has 33 heavy (non-hydrogen) atoms. The molecule has 1 aliphatic rings. The molecule has 4 aromatic rings. The minimum absolute atomic E-state index is 0.242. The van der Waals surface area contributed by atoms with Crippen molar-refractivity contribution in [3.8, 4) is 5.69 Å². The number of rotatable bonds is 8. The first-order valence-corrected chi connectivity index (χ1v) is 11.1. The van der Waals surface area contributed by atoms with Crippen molar-refractivity contribution in [3.05, 3.63) is 86.3 Å². The Labute approximate surface area is 188 Å². The highest BCUT2D eigenvalue weighted by Gasteiger charge is 2.28. The molecule has 2 aromatic carbocycles. The second-order valence-electron chi connectivity index (χ2n) is 8.24. The van der Waals surface area contributed by atoms with E-state index in [9.17, 15) is 14.0 Å². The van der Waals surface area contributed by atoms with Gasteiger partial charge in [-0.25, -0.2) is 14.2 Å². The number of halogens is 1. The monoisotopic (exact) mass is 449 g/mol. The van der Waals surface area contributed by atoms with E-state index in [0.717, 1.165) is 12.8 Å². The van der Waals surface area contributed by atoms with Crippen LogP contribution >= 0.6 is 0 Å². The molecule has 3 heterocycles. The average molecular weight is 449 g/mol. The summed E-state index contributed by atoms with van der Waals surface area (Å²) in [6.07, 6.45) is 4.40. The van der Waals surface area contributed by atoms with Crippen LogP contribution in [0.3, 0.4) is 0 Å². The van der Waals surface area contributed by atoms with Gasteiger partial charge >= 0.3 is 5.76 Å². The smallest absolute Gasteiger partial charge is 0.392 e. The number of hydrogen-bond donors (Lipinski definition) is 1. The SMILES string of the molecule is CCCc1ccc(-n2nc(CCCN[C@H]3Cn4c(=O)cnc5ccc(F)c3c54)oc2=O)cc1. The van der Waals surface area contributed by atoms with E-state index in [1.807, 2.05) is 24.3 Å². The molecular weight excluding hydrogens is 425 g/mol. The molecule has 1 atom stereocenters. The number of aromatic nitrogens is 4. The van der Waals surface area contributed by atoms with Crippen LogP contribution in [-0.2, 0) is 19.4 Å². The highest BCUT2D eigenvalue weighted by atomic mass is 19.1. The summed E-state index contributed by atoms with van der Waals surface area (Å²) in [7, 11) is 0. The van der Waals surface area contributed by atoms with Crippen LogP contribution in [-0.4, -0.2) is 25.9 Å². The molecule has 0 bridgehead atoms. The van der Waals surface area contributed by atoms with Crippen LogP contribution in [0.5, 0.6) is 0 Å². The maximum atomic E-state index is 14.5. The minimum atomic E-state index is -0.520. The minimum Gasteiger partial charge on any atom is -0.392 e. The van der Waals surface area contributed by atoms with Gasteiger partial charge in [0.2, 0.25) is 5.89 Å². The van der Waals surface area contributed by atoms with Crippen molar-refractivity contribution in [2.45, 2.75) is 45.2 Å². The number of benzene rings is 2. The number of nitrogens with one attached hydrogen (secondary N) is 1. The largest absolute Gasteiger partial charge is 0.441 e. The van der Waals surface area contributed by atoms with E-state index in [1.165, 1.54) is 22.5 Å². The predicted octanol–water partition coefficient (Wildman–Crippen LogP) is 2.90. The quantitative estimate of drug-likeness (QED) is 0.416. The van der Waals surface area contributed by atoms with Gasteiger partial charge < -0.3 is 14.3 Å². The Morgan fingerprint density at radius 2 is 1.97 bits per heavy atom. The third-order valence-corrected chi connectivity index (χ3v) is 5.97. The van der Waals surface area contributed by atoms with E-state index in [-0.39, 0.29) is 17.4 Å². The molecule has 2 aromatic heterocycles. The third kappa shape index (κ3) is 4.00. The molecule has 0 spiro atoms. The highest BCUT2D eigenvalue weighted by molar-refractivity contribution is 5.80.